The number of alkyl halides is 3. The third-order valence-corrected chi connectivity index (χ3v) is 5.58. The third kappa shape index (κ3) is 3.82. The highest BCUT2D eigenvalue weighted by Gasteiger charge is 2.33. The van der Waals surface area contributed by atoms with Gasteiger partial charge >= 0.3 is 6.18 Å². The molecular weight excluding hydrogens is 385 g/mol. The van der Waals surface area contributed by atoms with Gasteiger partial charge in [0, 0.05) is 36.5 Å². The summed E-state index contributed by atoms with van der Waals surface area (Å²) in [6.07, 6.45) is -1.45. The van der Waals surface area contributed by atoms with E-state index in [0.717, 1.165) is 36.8 Å². The molecule has 2 aromatic carbocycles. The monoisotopic (exact) mass is 404 g/mol. The van der Waals surface area contributed by atoms with Gasteiger partial charge in [0.05, 0.1) is 11.6 Å². The van der Waals surface area contributed by atoms with Crippen LogP contribution in [0.5, 0.6) is 0 Å². The summed E-state index contributed by atoms with van der Waals surface area (Å²) >= 11 is 6.36. The molecule has 0 N–H and O–H groups in total. The molecule has 6 heteroatoms. The summed E-state index contributed by atoms with van der Waals surface area (Å²) in [7, 11) is 0. The maximum Gasteiger partial charge on any atom is 0.416 e. The van der Waals surface area contributed by atoms with Crippen molar-refractivity contribution >= 4 is 11.6 Å². The Bertz CT molecular complexity index is 964. The van der Waals surface area contributed by atoms with Crippen LogP contribution in [0.2, 0.25) is 5.02 Å². The molecule has 0 bridgehead atoms. The second kappa shape index (κ2) is 7.64. The lowest BCUT2D eigenvalue weighted by Gasteiger charge is -2.31. The third-order valence-electron chi connectivity index (χ3n) is 5.22. The molecule has 0 fully saturated rings. The molecular formula is C22H20ClF3N2. The SMILES string of the molecule is FC(F)(F)c1cccc(C2c3cccn3CCCN2Cc2ccccc2Cl)c1. The van der Waals surface area contributed by atoms with Crippen molar-refractivity contribution in [1.82, 2.24) is 9.47 Å². The number of hydrogen-bond acceptors (Lipinski definition) is 1. The zero-order valence-corrected chi connectivity index (χ0v) is 15.9. The van der Waals surface area contributed by atoms with Gasteiger partial charge in [0.2, 0.25) is 0 Å². The highest BCUT2D eigenvalue weighted by Crippen LogP contribution is 2.37. The lowest BCUT2D eigenvalue weighted by molar-refractivity contribution is -0.137. The summed E-state index contributed by atoms with van der Waals surface area (Å²) in [5.74, 6) is 0. The first kappa shape index (κ1) is 19.1. The average molecular weight is 405 g/mol. The molecule has 0 saturated heterocycles. The van der Waals surface area contributed by atoms with Gasteiger partial charge in [0.15, 0.2) is 0 Å². The molecule has 1 aromatic heterocycles. The molecule has 0 saturated carbocycles. The van der Waals surface area contributed by atoms with Gasteiger partial charge < -0.3 is 4.57 Å². The van der Waals surface area contributed by atoms with Gasteiger partial charge in [-0.2, -0.15) is 13.2 Å². The van der Waals surface area contributed by atoms with Crippen molar-refractivity contribution in [1.29, 1.82) is 0 Å². The second-order valence-electron chi connectivity index (χ2n) is 7.07. The Morgan fingerprint density at radius 1 is 0.964 bits per heavy atom. The normalized spacial score (nSPS) is 17.9. The zero-order chi connectivity index (χ0) is 19.7. The molecule has 3 aromatic rings. The Labute approximate surface area is 167 Å². The van der Waals surface area contributed by atoms with Gasteiger partial charge in [0.25, 0.3) is 0 Å². The fourth-order valence-corrected chi connectivity index (χ4v) is 4.12. The highest BCUT2D eigenvalue weighted by molar-refractivity contribution is 6.31. The lowest BCUT2D eigenvalue weighted by atomic mass is 9.98. The van der Waals surface area contributed by atoms with Crippen LogP contribution in [0, 0.1) is 0 Å². The van der Waals surface area contributed by atoms with E-state index in [9.17, 15) is 13.2 Å². The van der Waals surface area contributed by atoms with Crippen LogP contribution in [0.1, 0.15) is 34.8 Å². The number of benzene rings is 2. The van der Waals surface area contributed by atoms with Crippen LogP contribution in [-0.2, 0) is 19.3 Å². The molecule has 2 heterocycles. The summed E-state index contributed by atoms with van der Waals surface area (Å²) < 4.78 is 42.1. The van der Waals surface area contributed by atoms with Crippen molar-refractivity contribution in [3.8, 4) is 0 Å². The van der Waals surface area contributed by atoms with Crippen LogP contribution in [-0.4, -0.2) is 16.0 Å². The molecule has 1 unspecified atom stereocenters. The van der Waals surface area contributed by atoms with E-state index >= 15 is 0 Å². The minimum absolute atomic E-state index is 0.268. The number of aryl methyl sites for hydroxylation is 1. The standard InChI is InChI=1S/C22H20ClF3N2/c23-19-9-2-1-6-17(19)15-28-13-5-12-27-11-4-10-20(27)21(28)16-7-3-8-18(14-16)22(24,25)26/h1-4,6-11,14,21H,5,12-13,15H2. The Morgan fingerprint density at radius 3 is 2.57 bits per heavy atom. The topological polar surface area (TPSA) is 8.17 Å². The maximum absolute atomic E-state index is 13.3. The quantitative estimate of drug-likeness (QED) is 0.508. The van der Waals surface area contributed by atoms with Crippen LogP contribution in [0.25, 0.3) is 0 Å². The number of aromatic nitrogens is 1. The van der Waals surface area contributed by atoms with E-state index < -0.39 is 11.7 Å². The molecule has 146 valence electrons. The van der Waals surface area contributed by atoms with Gasteiger partial charge in [-0.25, -0.2) is 0 Å². The number of nitrogens with zero attached hydrogens (tertiary/aromatic N) is 2. The maximum atomic E-state index is 13.3. The first-order chi connectivity index (χ1) is 13.4. The Hall–Kier alpha value is -2.24. The molecule has 1 aliphatic heterocycles. The number of hydrogen-bond donors (Lipinski definition) is 0. The van der Waals surface area contributed by atoms with Crippen molar-refractivity contribution in [3.05, 3.63) is 94.3 Å². The van der Waals surface area contributed by atoms with Gasteiger partial charge in [-0.05, 0) is 47.9 Å². The fourth-order valence-electron chi connectivity index (χ4n) is 3.92. The number of fused-ring (bicyclic) bond motifs is 1. The molecule has 4 rings (SSSR count). The summed E-state index contributed by atoms with van der Waals surface area (Å²) in [6.45, 7) is 2.19. The summed E-state index contributed by atoms with van der Waals surface area (Å²) in [5.41, 5.74) is 2.00. The van der Waals surface area contributed by atoms with Crippen molar-refractivity contribution in [3.63, 3.8) is 0 Å². The fraction of sp³-hybridized carbons (Fsp3) is 0.273. The van der Waals surface area contributed by atoms with Crippen LogP contribution < -0.4 is 0 Å². The zero-order valence-electron chi connectivity index (χ0n) is 15.2. The lowest BCUT2D eigenvalue weighted by Crippen LogP contribution is -2.29. The van der Waals surface area contributed by atoms with E-state index in [1.807, 2.05) is 42.6 Å². The predicted molar refractivity (Wildman–Crippen MR) is 104 cm³/mol. The molecule has 2 nitrogen and oxygen atoms in total. The van der Waals surface area contributed by atoms with Gasteiger partial charge in [-0.3, -0.25) is 4.90 Å². The van der Waals surface area contributed by atoms with Crippen molar-refractivity contribution in [2.24, 2.45) is 0 Å². The largest absolute Gasteiger partial charge is 0.416 e. The first-order valence-corrected chi connectivity index (χ1v) is 9.61. The van der Waals surface area contributed by atoms with Crippen LogP contribution in [0.3, 0.4) is 0 Å². The van der Waals surface area contributed by atoms with E-state index in [2.05, 4.69) is 9.47 Å². The Kier molecular flexibility index (Phi) is 5.21. The second-order valence-corrected chi connectivity index (χ2v) is 7.47. The number of halogens is 4. The molecule has 28 heavy (non-hydrogen) atoms. The molecule has 1 aliphatic rings. The van der Waals surface area contributed by atoms with Gasteiger partial charge in [-0.1, -0.05) is 41.9 Å². The Morgan fingerprint density at radius 2 is 1.79 bits per heavy atom. The van der Waals surface area contributed by atoms with Crippen molar-refractivity contribution in [2.75, 3.05) is 6.54 Å². The minimum Gasteiger partial charge on any atom is -0.350 e. The van der Waals surface area contributed by atoms with E-state index in [1.165, 1.54) is 12.1 Å². The van der Waals surface area contributed by atoms with Crippen molar-refractivity contribution < 1.29 is 13.2 Å². The van der Waals surface area contributed by atoms with E-state index in [4.69, 9.17) is 11.6 Å². The highest BCUT2D eigenvalue weighted by atomic mass is 35.5. The summed E-state index contributed by atoms with van der Waals surface area (Å²) in [4.78, 5) is 2.22. The average Bonchev–Trinajstić information content (AvgIpc) is 3.04. The molecule has 1 atom stereocenters. The molecule has 0 aliphatic carbocycles. The van der Waals surface area contributed by atoms with Crippen molar-refractivity contribution in [2.45, 2.75) is 31.7 Å². The van der Waals surface area contributed by atoms with Gasteiger partial charge in [0.1, 0.15) is 0 Å². The first-order valence-electron chi connectivity index (χ1n) is 9.23. The van der Waals surface area contributed by atoms with E-state index in [-0.39, 0.29) is 6.04 Å². The number of rotatable bonds is 3. The van der Waals surface area contributed by atoms with Crippen LogP contribution in [0.4, 0.5) is 13.2 Å². The molecule has 0 spiro atoms. The summed E-state index contributed by atoms with van der Waals surface area (Å²) in [5, 5.41) is 0.671. The minimum atomic E-state index is -4.36. The molecule has 0 radical (unpaired) electrons. The molecule has 0 amide bonds. The Balaban J connectivity index is 1.78. The van der Waals surface area contributed by atoms with Gasteiger partial charge in [-0.15, -0.1) is 0 Å². The van der Waals surface area contributed by atoms with Crippen LogP contribution in [0.15, 0.2) is 66.9 Å². The summed E-state index contributed by atoms with van der Waals surface area (Å²) in [6, 6.07) is 17.0. The van der Waals surface area contributed by atoms with E-state index in [1.54, 1.807) is 6.07 Å². The van der Waals surface area contributed by atoms with E-state index in [0.29, 0.717) is 17.1 Å². The predicted octanol–water partition coefficient (Wildman–Crippen LogP) is 6.16. The smallest absolute Gasteiger partial charge is 0.350 e. The van der Waals surface area contributed by atoms with Crippen LogP contribution >= 0.6 is 11.6 Å².